The van der Waals surface area contributed by atoms with E-state index in [1.54, 1.807) is 16.7 Å². The van der Waals surface area contributed by atoms with E-state index in [-0.39, 0.29) is 18.4 Å². The predicted molar refractivity (Wildman–Crippen MR) is 90.4 cm³/mol. The number of amides is 1. The Bertz CT molecular complexity index is 731. The number of aromatic amines is 1. The number of aromatic nitrogens is 1. The van der Waals surface area contributed by atoms with Crippen molar-refractivity contribution in [1.29, 1.82) is 0 Å². The molecule has 7 heteroatoms. The molecule has 2 aromatic rings. The number of hydrogen-bond donors (Lipinski definition) is 2. The van der Waals surface area contributed by atoms with E-state index in [9.17, 15) is 9.59 Å². The minimum Gasteiger partial charge on any atom is -0.481 e. The Hall–Kier alpha value is -1.47. The second-order valence-corrected chi connectivity index (χ2v) is 7.31. The zero-order chi connectivity index (χ0) is 15.7. The number of thioether (sulfide) groups is 1. The van der Waals surface area contributed by atoms with Gasteiger partial charge in [-0.15, -0.1) is 0 Å². The molecule has 22 heavy (non-hydrogen) atoms. The Morgan fingerprint density at radius 1 is 1.41 bits per heavy atom. The summed E-state index contributed by atoms with van der Waals surface area (Å²) < 4.78 is 0.943. The van der Waals surface area contributed by atoms with Crippen LogP contribution in [0.15, 0.2) is 28.7 Å². The molecule has 116 valence electrons. The molecule has 1 aromatic heterocycles. The number of nitrogens with zero attached hydrogens (tertiary/aromatic N) is 1. The summed E-state index contributed by atoms with van der Waals surface area (Å²) in [6.07, 6.45) is -0.00941. The summed E-state index contributed by atoms with van der Waals surface area (Å²) in [5.41, 5.74) is 1.40. The lowest BCUT2D eigenvalue weighted by molar-refractivity contribution is -0.138. The van der Waals surface area contributed by atoms with Crippen LogP contribution in [-0.4, -0.2) is 51.0 Å². The molecule has 5 nitrogen and oxygen atoms in total. The molecule has 1 aliphatic heterocycles. The molecule has 0 saturated carbocycles. The third kappa shape index (κ3) is 3.15. The fourth-order valence-corrected chi connectivity index (χ4v) is 4.09. The second kappa shape index (κ2) is 6.34. The molecule has 0 spiro atoms. The topological polar surface area (TPSA) is 73.4 Å². The molecule has 1 atom stereocenters. The number of fused-ring (bicyclic) bond motifs is 1. The zero-order valence-electron chi connectivity index (χ0n) is 11.7. The van der Waals surface area contributed by atoms with Crippen LogP contribution in [0.2, 0.25) is 0 Å². The zero-order valence-corrected chi connectivity index (χ0v) is 14.1. The first-order valence-corrected chi connectivity index (χ1v) is 8.88. The number of nitrogens with one attached hydrogen (secondary N) is 1. The van der Waals surface area contributed by atoms with Gasteiger partial charge in [-0.2, -0.15) is 11.8 Å². The van der Waals surface area contributed by atoms with E-state index in [1.807, 2.05) is 24.3 Å². The molecule has 1 amide bonds. The lowest BCUT2D eigenvalue weighted by Crippen LogP contribution is -2.47. The van der Waals surface area contributed by atoms with Crippen LogP contribution in [0, 0.1) is 0 Å². The van der Waals surface area contributed by atoms with Gasteiger partial charge in [0.05, 0.1) is 12.5 Å². The summed E-state index contributed by atoms with van der Waals surface area (Å²) in [7, 11) is 0. The number of rotatable bonds is 3. The SMILES string of the molecule is O=C(O)CC1CSCCN1C(=O)c1cc2ccc(Br)cc2[nH]1. The third-order valence-corrected chi connectivity index (χ3v) is 5.30. The molecule has 0 aliphatic carbocycles. The summed E-state index contributed by atoms with van der Waals surface area (Å²) in [5, 5.41) is 9.99. The standard InChI is InChI=1S/C15H15BrN2O3S/c16-10-2-1-9-5-13(17-12(9)6-10)15(21)18-3-4-22-8-11(18)7-14(19)20/h1-2,5-6,11,17H,3-4,7-8H2,(H,19,20). The van der Waals surface area contributed by atoms with Gasteiger partial charge in [-0.25, -0.2) is 0 Å². The van der Waals surface area contributed by atoms with E-state index in [4.69, 9.17) is 5.11 Å². The molecule has 1 aliphatic rings. The van der Waals surface area contributed by atoms with Gasteiger partial charge in [0.25, 0.3) is 5.91 Å². The Morgan fingerprint density at radius 3 is 3.00 bits per heavy atom. The second-order valence-electron chi connectivity index (χ2n) is 5.24. The average Bonchev–Trinajstić information content (AvgIpc) is 2.89. The molecule has 0 bridgehead atoms. The summed E-state index contributed by atoms with van der Waals surface area (Å²) in [5.74, 6) is 0.516. The molecule has 1 aromatic carbocycles. The summed E-state index contributed by atoms with van der Waals surface area (Å²) in [6, 6.07) is 7.36. The molecule has 2 heterocycles. The van der Waals surface area contributed by atoms with Crippen molar-refractivity contribution in [3.63, 3.8) is 0 Å². The van der Waals surface area contributed by atoms with E-state index < -0.39 is 5.97 Å². The van der Waals surface area contributed by atoms with Crippen LogP contribution < -0.4 is 0 Å². The lowest BCUT2D eigenvalue weighted by atomic mass is 10.1. The summed E-state index contributed by atoms with van der Waals surface area (Å²) in [4.78, 5) is 28.5. The Morgan fingerprint density at radius 2 is 2.23 bits per heavy atom. The quantitative estimate of drug-likeness (QED) is 0.855. The molecule has 3 rings (SSSR count). The number of hydrogen-bond acceptors (Lipinski definition) is 3. The van der Waals surface area contributed by atoms with Gasteiger partial charge in [0.15, 0.2) is 0 Å². The number of halogens is 1. The maximum atomic E-state index is 12.7. The summed E-state index contributed by atoms with van der Waals surface area (Å²) >= 11 is 5.10. The van der Waals surface area contributed by atoms with Gasteiger partial charge in [-0.1, -0.05) is 22.0 Å². The summed E-state index contributed by atoms with van der Waals surface area (Å²) in [6.45, 7) is 0.584. The van der Waals surface area contributed by atoms with Crippen LogP contribution in [0.5, 0.6) is 0 Å². The highest BCUT2D eigenvalue weighted by atomic mass is 79.9. The van der Waals surface area contributed by atoms with Crippen molar-refractivity contribution in [3.05, 3.63) is 34.4 Å². The first-order chi connectivity index (χ1) is 10.5. The molecule has 1 unspecified atom stereocenters. The lowest BCUT2D eigenvalue weighted by Gasteiger charge is -2.34. The number of H-pyrrole nitrogens is 1. The fraction of sp³-hybridized carbons (Fsp3) is 0.333. The first-order valence-electron chi connectivity index (χ1n) is 6.93. The maximum Gasteiger partial charge on any atom is 0.305 e. The minimum absolute atomic E-state index is 0.00941. The predicted octanol–water partition coefficient (Wildman–Crippen LogP) is 2.96. The molecule has 1 fully saturated rings. The van der Waals surface area contributed by atoms with Gasteiger partial charge >= 0.3 is 5.97 Å². The number of carbonyl (C=O) groups excluding carboxylic acids is 1. The fourth-order valence-electron chi connectivity index (χ4n) is 2.66. The third-order valence-electron chi connectivity index (χ3n) is 3.71. The number of benzene rings is 1. The molecular formula is C15H15BrN2O3S. The van der Waals surface area contributed by atoms with Gasteiger partial charge in [0.2, 0.25) is 0 Å². The van der Waals surface area contributed by atoms with Crippen LogP contribution in [-0.2, 0) is 4.79 Å². The van der Waals surface area contributed by atoms with Crippen LogP contribution in [0.3, 0.4) is 0 Å². The Balaban J connectivity index is 1.87. The average molecular weight is 383 g/mol. The number of aliphatic carboxylic acids is 1. The highest BCUT2D eigenvalue weighted by Crippen LogP contribution is 2.24. The molecule has 1 saturated heterocycles. The van der Waals surface area contributed by atoms with Crippen molar-refractivity contribution in [2.75, 3.05) is 18.1 Å². The molecule has 2 N–H and O–H groups in total. The molecular weight excluding hydrogens is 368 g/mol. The van der Waals surface area contributed by atoms with Crippen molar-refractivity contribution >= 4 is 50.5 Å². The number of carboxylic acid groups (broad SMARTS) is 1. The van der Waals surface area contributed by atoms with Gasteiger partial charge in [-0.05, 0) is 18.2 Å². The Labute approximate surface area is 140 Å². The van der Waals surface area contributed by atoms with E-state index in [1.165, 1.54) is 0 Å². The van der Waals surface area contributed by atoms with Gasteiger partial charge in [0.1, 0.15) is 5.69 Å². The highest BCUT2D eigenvalue weighted by molar-refractivity contribution is 9.10. The maximum absolute atomic E-state index is 12.7. The van der Waals surface area contributed by atoms with Gasteiger partial charge in [0, 0.05) is 33.4 Å². The number of carboxylic acids is 1. The monoisotopic (exact) mass is 382 g/mol. The van der Waals surface area contributed by atoms with Crippen molar-refractivity contribution in [2.24, 2.45) is 0 Å². The first kappa shape index (κ1) is 15.4. The normalized spacial score (nSPS) is 18.6. The van der Waals surface area contributed by atoms with Crippen molar-refractivity contribution in [1.82, 2.24) is 9.88 Å². The van der Waals surface area contributed by atoms with Crippen molar-refractivity contribution < 1.29 is 14.7 Å². The smallest absolute Gasteiger partial charge is 0.305 e. The van der Waals surface area contributed by atoms with Crippen LogP contribution >= 0.6 is 27.7 Å². The molecule has 0 radical (unpaired) electrons. The minimum atomic E-state index is -0.870. The van der Waals surface area contributed by atoms with Crippen LogP contribution in [0.25, 0.3) is 10.9 Å². The van der Waals surface area contributed by atoms with Gasteiger partial charge < -0.3 is 15.0 Å². The Kier molecular flexibility index (Phi) is 4.44. The van der Waals surface area contributed by atoms with E-state index in [2.05, 4.69) is 20.9 Å². The van der Waals surface area contributed by atoms with Crippen molar-refractivity contribution in [3.8, 4) is 0 Å². The van der Waals surface area contributed by atoms with Crippen LogP contribution in [0.4, 0.5) is 0 Å². The van der Waals surface area contributed by atoms with Crippen LogP contribution in [0.1, 0.15) is 16.9 Å². The van der Waals surface area contributed by atoms with Crippen molar-refractivity contribution in [2.45, 2.75) is 12.5 Å². The largest absolute Gasteiger partial charge is 0.481 e. The van der Waals surface area contributed by atoms with E-state index in [0.717, 1.165) is 21.1 Å². The number of carbonyl (C=O) groups is 2. The van der Waals surface area contributed by atoms with E-state index in [0.29, 0.717) is 18.0 Å². The van der Waals surface area contributed by atoms with E-state index >= 15 is 0 Å². The highest BCUT2D eigenvalue weighted by Gasteiger charge is 2.30. The van der Waals surface area contributed by atoms with Gasteiger partial charge in [-0.3, -0.25) is 9.59 Å².